The van der Waals surface area contributed by atoms with Gasteiger partial charge in [-0.3, -0.25) is 0 Å². The normalized spacial score (nSPS) is 10.3. The van der Waals surface area contributed by atoms with Gasteiger partial charge in [-0.15, -0.1) is 0 Å². The molecule has 2 heterocycles. The van der Waals surface area contributed by atoms with Gasteiger partial charge in [-0.25, -0.2) is 14.5 Å². The number of carboxylic acid groups (broad SMARTS) is 1. The largest absolute Gasteiger partial charge is 0.481 e. The molecule has 100 valence electrons. The van der Waals surface area contributed by atoms with Crippen molar-refractivity contribution in [2.75, 3.05) is 12.4 Å². The second kappa shape index (κ2) is 5.27. The molecule has 2 rings (SSSR count). The number of ether oxygens (including phenoxy) is 1. The lowest BCUT2D eigenvalue weighted by molar-refractivity contribution is 0.0697. The van der Waals surface area contributed by atoms with Crippen LogP contribution in [-0.4, -0.2) is 33.0 Å². The first-order valence-corrected chi connectivity index (χ1v) is 6.04. The predicted octanol–water partition coefficient (Wildman–Crippen LogP) is 2.03. The van der Waals surface area contributed by atoms with Crippen molar-refractivity contribution in [3.8, 4) is 5.88 Å². The van der Waals surface area contributed by atoms with E-state index in [4.69, 9.17) is 9.84 Å². The van der Waals surface area contributed by atoms with Gasteiger partial charge in [-0.05, 0) is 22.0 Å². The van der Waals surface area contributed by atoms with Crippen LogP contribution in [0.5, 0.6) is 5.88 Å². The number of aromatic carboxylic acids is 1. The molecular weight excluding hydrogens is 316 g/mol. The van der Waals surface area contributed by atoms with Crippen molar-refractivity contribution >= 4 is 33.5 Å². The van der Waals surface area contributed by atoms with E-state index < -0.39 is 5.97 Å². The topological polar surface area (TPSA) is 89.3 Å². The summed E-state index contributed by atoms with van der Waals surface area (Å²) in [6.45, 7) is 0. The summed E-state index contributed by atoms with van der Waals surface area (Å²) >= 11 is 3.18. The van der Waals surface area contributed by atoms with Crippen LogP contribution in [0.25, 0.3) is 0 Å². The maximum Gasteiger partial charge on any atom is 0.339 e. The smallest absolute Gasteiger partial charge is 0.339 e. The molecule has 0 aliphatic rings. The lowest BCUT2D eigenvalue weighted by Crippen LogP contribution is -2.05. The van der Waals surface area contributed by atoms with E-state index >= 15 is 0 Å². The Morgan fingerprint density at radius 1 is 1.53 bits per heavy atom. The fraction of sp³-hybridized carbons (Fsp3) is 0.182. The summed E-state index contributed by atoms with van der Waals surface area (Å²) in [5, 5.41) is 16.1. The molecule has 0 aliphatic heterocycles. The van der Waals surface area contributed by atoms with Gasteiger partial charge in [-0.2, -0.15) is 5.10 Å². The van der Waals surface area contributed by atoms with Gasteiger partial charge in [0, 0.05) is 23.8 Å². The lowest BCUT2D eigenvalue weighted by Gasteiger charge is -2.05. The number of rotatable bonds is 4. The van der Waals surface area contributed by atoms with Gasteiger partial charge in [0.15, 0.2) is 5.82 Å². The van der Waals surface area contributed by atoms with Gasteiger partial charge in [0.2, 0.25) is 5.88 Å². The van der Waals surface area contributed by atoms with Gasteiger partial charge >= 0.3 is 5.97 Å². The fourth-order valence-corrected chi connectivity index (χ4v) is 1.86. The van der Waals surface area contributed by atoms with Crippen molar-refractivity contribution in [3.05, 3.63) is 28.4 Å². The molecule has 0 aliphatic carbocycles. The highest BCUT2D eigenvalue weighted by Crippen LogP contribution is 2.23. The Labute approximate surface area is 117 Å². The van der Waals surface area contributed by atoms with Crippen LogP contribution in [0, 0.1) is 0 Å². The molecule has 8 heteroatoms. The average Bonchev–Trinajstić information content (AvgIpc) is 2.71. The molecule has 2 aromatic heterocycles. The molecule has 0 bridgehead atoms. The molecule has 2 aromatic rings. The van der Waals surface area contributed by atoms with Gasteiger partial charge in [0.05, 0.1) is 7.11 Å². The summed E-state index contributed by atoms with van der Waals surface area (Å²) in [5.41, 5.74) is 0.0546. The summed E-state index contributed by atoms with van der Waals surface area (Å²) < 4.78 is 7.20. The first-order chi connectivity index (χ1) is 9.01. The number of hydrogen-bond acceptors (Lipinski definition) is 5. The third kappa shape index (κ3) is 2.84. The SMILES string of the molecule is COc1cc(Nc2ncc(Br)cc2C(=O)O)nn1C. The second-order valence-electron chi connectivity index (χ2n) is 3.68. The zero-order valence-electron chi connectivity index (χ0n) is 10.2. The van der Waals surface area contributed by atoms with Gasteiger partial charge in [-0.1, -0.05) is 0 Å². The van der Waals surface area contributed by atoms with E-state index in [1.807, 2.05) is 0 Å². The van der Waals surface area contributed by atoms with Crippen LogP contribution >= 0.6 is 15.9 Å². The third-order valence-electron chi connectivity index (χ3n) is 2.38. The van der Waals surface area contributed by atoms with E-state index in [1.54, 1.807) is 13.1 Å². The number of nitrogens with zero attached hydrogens (tertiary/aromatic N) is 3. The molecule has 19 heavy (non-hydrogen) atoms. The Balaban J connectivity index is 2.34. The van der Waals surface area contributed by atoms with Crippen LogP contribution in [0.3, 0.4) is 0 Å². The van der Waals surface area contributed by atoms with E-state index in [1.165, 1.54) is 24.1 Å². The number of aryl methyl sites for hydroxylation is 1. The first kappa shape index (κ1) is 13.3. The number of methoxy groups -OCH3 is 1. The molecule has 0 unspecified atom stereocenters. The van der Waals surface area contributed by atoms with Crippen LogP contribution < -0.4 is 10.1 Å². The highest BCUT2D eigenvalue weighted by Gasteiger charge is 2.14. The molecule has 2 N–H and O–H groups in total. The number of carbonyl (C=O) groups is 1. The zero-order chi connectivity index (χ0) is 14.0. The minimum atomic E-state index is -1.07. The van der Waals surface area contributed by atoms with Crippen LogP contribution in [0.4, 0.5) is 11.6 Å². The van der Waals surface area contributed by atoms with E-state index in [0.717, 1.165) is 0 Å². The maximum absolute atomic E-state index is 11.1. The summed E-state index contributed by atoms with van der Waals surface area (Å²) in [5.74, 6) is 0.156. The van der Waals surface area contributed by atoms with Crippen molar-refractivity contribution in [2.24, 2.45) is 7.05 Å². The highest BCUT2D eigenvalue weighted by molar-refractivity contribution is 9.10. The second-order valence-corrected chi connectivity index (χ2v) is 4.59. The Kier molecular flexibility index (Phi) is 3.70. The summed E-state index contributed by atoms with van der Waals surface area (Å²) in [6.07, 6.45) is 1.51. The first-order valence-electron chi connectivity index (χ1n) is 5.25. The number of anilines is 2. The Bertz CT molecular complexity index is 626. The van der Waals surface area contributed by atoms with E-state index in [9.17, 15) is 4.79 Å². The molecule has 0 amide bonds. The van der Waals surface area contributed by atoms with Crippen LogP contribution in [0.15, 0.2) is 22.8 Å². The minimum absolute atomic E-state index is 0.0546. The molecule has 0 fully saturated rings. The van der Waals surface area contributed by atoms with Crippen LogP contribution in [0.2, 0.25) is 0 Å². The minimum Gasteiger partial charge on any atom is -0.481 e. The molecule has 0 saturated carbocycles. The monoisotopic (exact) mass is 326 g/mol. The van der Waals surface area contributed by atoms with Crippen molar-refractivity contribution in [1.29, 1.82) is 0 Å². The van der Waals surface area contributed by atoms with E-state index in [-0.39, 0.29) is 11.4 Å². The van der Waals surface area contributed by atoms with Gasteiger partial charge in [0.1, 0.15) is 11.4 Å². The van der Waals surface area contributed by atoms with Crippen LogP contribution in [0.1, 0.15) is 10.4 Å². The molecule has 0 aromatic carbocycles. The zero-order valence-corrected chi connectivity index (χ0v) is 11.8. The number of hydrogen-bond donors (Lipinski definition) is 2. The number of nitrogens with one attached hydrogen (secondary N) is 1. The van der Waals surface area contributed by atoms with Crippen molar-refractivity contribution in [3.63, 3.8) is 0 Å². The van der Waals surface area contributed by atoms with Crippen molar-refractivity contribution in [1.82, 2.24) is 14.8 Å². The van der Waals surface area contributed by atoms with Crippen molar-refractivity contribution < 1.29 is 14.6 Å². The van der Waals surface area contributed by atoms with Gasteiger partial charge in [0.25, 0.3) is 0 Å². The molecule has 0 saturated heterocycles. The summed E-state index contributed by atoms with van der Waals surface area (Å²) in [6, 6.07) is 3.12. The Morgan fingerprint density at radius 2 is 2.26 bits per heavy atom. The standard InChI is InChI=1S/C11H11BrN4O3/c1-16-9(19-2)4-8(15-16)14-10-7(11(17)18)3-6(12)5-13-10/h3-5H,1-2H3,(H,17,18)(H,13,14,15). The lowest BCUT2D eigenvalue weighted by atomic mass is 10.2. The quantitative estimate of drug-likeness (QED) is 0.893. The van der Waals surface area contributed by atoms with Crippen LogP contribution in [-0.2, 0) is 7.05 Å². The summed E-state index contributed by atoms with van der Waals surface area (Å²) in [4.78, 5) is 15.2. The Hall–Kier alpha value is -2.09. The molecule has 0 spiro atoms. The number of carboxylic acids is 1. The van der Waals surface area contributed by atoms with E-state index in [0.29, 0.717) is 16.2 Å². The molecular formula is C11H11BrN4O3. The average molecular weight is 327 g/mol. The maximum atomic E-state index is 11.1. The number of aromatic nitrogens is 3. The highest BCUT2D eigenvalue weighted by atomic mass is 79.9. The van der Waals surface area contributed by atoms with E-state index in [2.05, 4.69) is 31.3 Å². The number of halogens is 1. The van der Waals surface area contributed by atoms with Crippen molar-refractivity contribution in [2.45, 2.75) is 0 Å². The predicted molar refractivity (Wildman–Crippen MR) is 71.9 cm³/mol. The summed E-state index contributed by atoms with van der Waals surface area (Å²) in [7, 11) is 3.25. The Morgan fingerprint density at radius 3 is 2.84 bits per heavy atom. The van der Waals surface area contributed by atoms with Gasteiger partial charge < -0.3 is 15.2 Å². The molecule has 7 nitrogen and oxygen atoms in total. The third-order valence-corrected chi connectivity index (χ3v) is 2.81. The fourth-order valence-electron chi connectivity index (χ4n) is 1.53. The molecule has 0 atom stereocenters. The molecule has 0 radical (unpaired) electrons. The number of pyridine rings is 1.